The number of halogens is 1. The summed E-state index contributed by atoms with van der Waals surface area (Å²) in [5.74, 6) is 0. The minimum atomic E-state index is 0.551. The molecule has 2 aromatic rings. The van der Waals surface area contributed by atoms with Crippen LogP contribution in [-0.2, 0) is 13.0 Å². The molecule has 3 heteroatoms. The Bertz CT molecular complexity index is 522. The minimum absolute atomic E-state index is 0.551. The SMILES string of the molecule is Clc1ccc(CN2CCc3ccccc32)cn1. The number of benzene rings is 1. The highest BCUT2D eigenvalue weighted by Gasteiger charge is 2.17. The van der Waals surface area contributed by atoms with E-state index >= 15 is 0 Å². The Morgan fingerprint density at radius 1 is 1.18 bits per heavy atom. The summed E-state index contributed by atoms with van der Waals surface area (Å²) in [4.78, 5) is 6.51. The highest BCUT2D eigenvalue weighted by atomic mass is 35.5. The van der Waals surface area contributed by atoms with E-state index < -0.39 is 0 Å². The first kappa shape index (κ1) is 10.6. The van der Waals surface area contributed by atoms with Crippen LogP contribution in [0.1, 0.15) is 11.1 Å². The molecule has 0 bridgehead atoms. The van der Waals surface area contributed by atoms with E-state index in [1.165, 1.54) is 16.8 Å². The maximum absolute atomic E-state index is 5.78. The molecule has 0 saturated carbocycles. The second kappa shape index (κ2) is 4.38. The summed E-state index contributed by atoms with van der Waals surface area (Å²) in [6.45, 7) is 1.99. The van der Waals surface area contributed by atoms with Crippen LogP contribution in [0.4, 0.5) is 5.69 Å². The van der Waals surface area contributed by atoms with E-state index in [1.54, 1.807) is 0 Å². The van der Waals surface area contributed by atoms with Gasteiger partial charge in [-0.2, -0.15) is 0 Å². The molecule has 86 valence electrons. The Morgan fingerprint density at radius 3 is 2.88 bits per heavy atom. The number of aromatic nitrogens is 1. The molecule has 0 saturated heterocycles. The van der Waals surface area contributed by atoms with Crippen molar-refractivity contribution in [2.75, 3.05) is 11.4 Å². The van der Waals surface area contributed by atoms with Gasteiger partial charge in [0.05, 0.1) is 0 Å². The summed E-state index contributed by atoms with van der Waals surface area (Å²) in [6.07, 6.45) is 2.99. The van der Waals surface area contributed by atoms with Crippen molar-refractivity contribution in [1.82, 2.24) is 4.98 Å². The van der Waals surface area contributed by atoms with Crippen LogP contribution in [0.3, 0.4) is 0 Å². The maximum Gasteiger partial charge on any atom is 0.129 e. The zero-order valence-electron chi connectivity index (χ0n) is 9.44. The first-order chi connectivity index (χ1) is 8.33. The summed E-state index contributed by atoms with van der Waals surface area (Å²) >= 11 is 5.78. The molecule has 3 rings (SSSR count). The second-order valence-corrected chi connectivity index (χ2v) is 4.68. The fraction of sp³-hybridized carbons (Fsp3) is 0.214. The topological polar surface area (TPSA) is 16.1 Å². The van der Waals surface area contributed by atoms with Gasteiger partial charge in [-0.1, -0.05) is 35.9 Å². The van der Waals surface area contributed by atoms with Gasteiger partial charge in [-0.25, -0.2) is 4.98 Å². The molecule has 1 aliphatic rings. The number of rotatable bonds is 2. The summed E-state index contributed by atoms with van der Waals surface area (Å²) < 4.78 is 0. The molecule has 2 heterocycles. The standard InChI is InChI=1S/C14H13ClN2/c15-14-6-5-11(9-16-14)10-17-8-7-12-3-1-2-4-13(12)17/h1-6,9H,7-8,10H2. The van der Waals surface area contributed by atoms with Crippen LogP contribution in [0.25, 0.3) is 0 Å². The Balaban J connectivity index is 1.81. The van der Waals surface area contributed by atoms with Crippen LogP contribution in [-0.4, -0.2) is 11.5 Å². The van der Waals surface area contributed by atoms with Gasteiger partial charge in [0.1, 0.15) is 5.15 Å². The molecule has 0 amide bonds. The summed E-state index contributed by atoms with van der Waals surface area (Å²) in [6, 6.07) is 12.5. The fourth-order valence-electron chi connectivity index (χ4n) is 2.29. The Hall–Kier alpha value is -1.54. The lowest BCUT2D eigenvalue weighted by molar-refractivity contribution is 0.832. The van der Waals surface area contributed by atoms with Crippen molar-refractivity contribution >= 4 is 17.3 Å². The number of nitrogens with zero attached hydrogens (tertiary/aromatic N) is 2. The Labute approximate surface area is 106 Å². The number of para-hydroxylation sites is 1. The van der Waals surface area contributed by atoms with Gasteiger partial charge in [-0.3, -0.25) is 0 Å². The summed E-state index contributed by atoms with van der Waals surface area (Å²) in [5.41, 5.74) is 3.99. The predicted octanol–water partition coefficient (Wildman–Crippen LogP) is 3.30. The minimum Gasteiger partial charge on any atom is -0.367 e. The quantitative estimate of drug-likeness (QED) is 0.754. The molecule has 0 fully saturated rings. The molecular weight excluding hydrogens is 232 g/mol. The second-order valence-electron chi connectivity index (χ2n) is 4.29. The van der Waals surface area contributed by atoms with Crippen LogP contribution in [0.2, 0.25) is 5.15 Å². The average molecular weight is 245 g/mol. The van der Waals surface area contributed by atoms with Gasteiger partial charge < -0.3 is 4.90 Å². The third-order valence-corrected chi connectivity index (χ3v) is 3.37. The molecule has 0 aliphatic carbocycles. The van der Waals surface area contributed by atoms with E-state index in [1.807, 2.05) is 18.3 Å². The Kier molecular flexibility index (Phi) is 2.73. The number of pyridine rings is 1. The molecule has 0 radical (unpaired) electrons. The normalized spacial score (nSPS) is 13.8. The lowest BCUT2D eigenvalue weighted by atomic mass is 10.2. The number of fused-ring (bicyclic) bond motifs is 1. The van der Waals surface area contributed by atoms with Crippen LogP contribution in [0, 0.1) is 0 Å². The highest BCUT2D eigenvalue weighted by Crippen LogP contribution is 2.28. The third kappa shape index (κ3) is 2.13. The first-order valence-corrected chi connectivity index (χ1v) is 6.14. The van der Waals surface area contributed by atoms with Crippen molar-refractivity contribution in [3.05, 3.63) is 58.9 Å². The summed E-state index contributed by atoms with van der Waals surface area (Å²) in [7, 11) is 0. The van der Waals surface area contributed by atoms with E-state index in [0.29, 0.717) is 5.15 Å². The van der Waals surface area contributed by atoms with Crippen molar-refractivity contribution in [2.24, 2.45) is 0 Å². The number of hydrogen-bond acceptors (Lipinski definition) is 2. The van der Waals surface area contributed by atoms with Crippen molar-refractivity contribution < 1.29 is 0 Å². The molecule has 1 aromatic carbocycles. The molecule has 0 atom stereocenters. The van der Waals surface area contributed by atoms with Crippen molar-refractivity contribution in [3.8, 4) is 0 Å². The third-order valence-electron chi connectivity index (χ3n) is 3.15. The van der Waals surface area contributed by atoms with Crippen LogP contribution >= 0.6 is 11.6 Å². The van der Waals surface area contributed by atoms with Crippen LogP contribution < -0.4 is 4.90 Å². The molecule has 1 aromatic heterocycles. The van der Waals surface area contributed by atoms with Crippen LogP contribution in [0.15, 0.2) is 42.6 Å². The van der Waals surface area contributed by atoms with Gasteiger partial charge in [0.25, 0.3) is 0 Å². The monoisotopic (exact) mass is 244 g/mol. The van der Waals surface area contributed by atoms with Gasteiger partial charge in [0, 0.05) is 25.0 Å². The van der Waals surface area contributed by atoms with Crippen molar-refractivity contribution in [1.29, 1.82) is 0 Å². The van der Waals surface area contributed by atoms with E-state index in [-0.39, 0.29) is 0 Å². The first-order valence-electron chi connectivity index (χ1n) is 5.76. The molecule has 0 spiro atoms. The van der Waals surface area contributed by atoms with Gasteiger partial charge in [-0.05, 0) is 29.7 Å². The molecule has 1 aliphatic heterocycles. The largest absolute Gasteiger partial charge is 0.367 e. The van der Waals surface area contributed by atoms with E-state index in [9.17, 15) is 0 Å². The van der Waals surface area contributed by atoms with E-state index in [4.69, 9.17) is 11.6 Å². The van der Waals surface area contributed by atoms with E-state index in [2.05, 4.69) is 34.1 Å². The Morgan fingerprint density at radius 2 is 2.06 bits per heavy atom. The summed E-state index contributed by atoms with van der Waals surface area (Å²) in [5, 5.41) is 0.551. The molecular formula is C14H13ClN2. The van der Waals surface area contributed by atoms with Gasteiger partial charge in [0.2, 0.25) is 0 Å². The molecule has 2 nitrogen and oxygen atoms in total. The lowest BCUT2D eigenvalue weighted by Crippen LogP contribution is -2.19. The molecule has 0 unspecified atom stereocenters. The van der Waals surface area contributed by atoms with E-state index in [0.717, 1.165) is 19.5 Å². The lowest BCUT2D eigenvalue weighted by Gasteiger charge is -2.19. The fourth-order valence-corrected chi connectivity index (χ4v) is 2.40. The van der Waals surface area contributed by atoms with Crippen molar-refractivity contribution in [2.45, 2.75) is 13.0 Å². The zero-order valence-corrected chi connectivity index (χ0v) is 10.2. The highest BCUT2D eigenvalue weighted by molar-refractivity contribution is 6.29. The molecule has 17 heavy (non-hydrogen) atoms. The predicted molar refractivity (Wildman–Crippen MR) is 70.4 cm³/mol. The van der Waals surface area contributed by atoms with Crippen molar-refractivity contribution in [3.63, 3.8) is 0 Å². The van der Waals surface area contributed by atoms with Crippen LogP contribution in [0.5, 0.6) is 0 Å². The molecule has 0 N–H and O–H groups in total. The smallest absolute Gasteiger partial charge is 0.129 e. The van der Waals surface area contributed by atoms with Gasteiger partial charge in [0.15, 0.2) is 0 Å². The maximum atomic E-state index is 5.78. The van der Waals surface area contributed by atoms with Gasteiger partial charge >= 0.3 is 0 Å². The zero-order chi connectivity index (χ0) is 11.7. The number of hydrogen-bond donors (Lipinski definition) is 0. The number of anilines is 1. The average Bonchev–Trinajstić information content (AvgIpc) is 2.76. The van der Waals surface area contributed by atoms with Gasteiger partial charge in [-0.15, -0.1) is 0 Å².